The molecular weight excluding hydrogens is 382 g/mol. The lowest BCUT2D eigenvalue weighted by molar-refractivity contribution is 0.0929. The van der Waals surface area contributed by atoms with E-state index >= 15 is 0 Å². The second kappa shape index (κ2) is 7.70. The molecule has 0 bridgehead atoms. The molecule has 0 fully saturated rings. The van der Waals surface area contributed by atoms with Crippen LogP contribution in [0.15, 0.2) is 53.1 Å². The molecule has 2 aromatic heterocycles. The zero-order valence-electron chi connectivity index (χ0n) is 15.3. The lowest BCUT2D eigenvalue weighted by atomic mass is 10.3. The van der Waals surface area contributed by atoms with Gasteiger partial charge in [-0.25, -0.2) is 13.8 Å². The van der Waals surface area contributed by atoms with Crippen LogP contribution >= 0.6 is 0 Å². The van der Waals surface area contributed by atoms with Crippen LogP contribution < -0.4 is 10.1 Å². The number of carbonyl (C=O) groups excluding carboxylic acids is 1. The number of nitrogens with zero attached hydrogens (tertiary/aromatic N) is 2. The molecule has 4 rings (SSSR count). The number of para-hydroxylation sites is 3. The number of carbonyl (C=O) groups is 1. The Morgan fingerprint density at radius 2 is 1.97 bits per heavy atom. The van der Waals surface area contributed by atoms with Gasteiger partial charge in [0.15, 0.2) is 28.8 Å². The number of benzene rings is 2. The molecule has 0 aliphatic heterocycles. The van der Waals surface area contributed by atoms with Crippen LogP contribution in [-0.2, 0) is 6.61 Å². The third kappa shape index (κ3) is 3.93. The van der Waals surface area contributed by atoms with Gasteiger partial charge in [0.05, 0.1) is 17.1 Å². The number of aromatic nitrogens is 3. The Morgan fingerprint density at radius 3 is 2.72 bits per heavy atom. The fourth-order valence-corrected chi connectivity index (χ4v) is 2.77. The predicted octanol–water partition coefficient (Wildman–Crippen LogP) is 3.90. The Bertz CT molecular complexity index is 1120. The summed E-state index contributed by atoms with van der Waals surface area (Å²) in [5.41, 5.74) is 1.68. The maximum Gasteiger partial charge on any atom is 0.274 e. The van der Waals surface area contributed by atoms with E-state index in [0.29, 0.717) is 5.82 Å². The normalized spacial score (nSPS) is 12.1. The first kappa shape index (κ1) is 18.6. The highest BCUT2D eigenvalue weighted by Crippen LogP contribution is 2.22. The standard InChI is InChI=1S/C20H16F2N4O3/c1-11(19-24-15-7-2-3-8-16(15)25-19)23-20(27)17-9-12(29-26-17)10-28-18-13(21)5-4-6-14(18)22/h2-9,11H,10H2,1H3,(H,23,27)(H,24,25). The smallest absolute Gasteiger partial charge is 0.274 e. The number of aromatic amines is 1. The van der Waals surface area contributed by atoms with Crippen molar-refractivity contribution in [2.24, 2.45) is 0 Å². The molecule has 1 atom stereocenters. The minimum Gasteiger partial charge on any atom is -0.479 e. The third-order valence-corrected chi connectivity index (χ3v) is 4.23. The third-order valence-electron chi connectivity index (χ3n) is 4.23. The summed E-state index contributed by atoms with van der Waals surface area (Å²) in [7, 11) is 0. The largest absolute Gasteiger partial charge is 0.479 e. The summed E-state index contributed by atoms with van der Waals surface area (Å²) in [6.45, 7) is 1.50. The van der Waals surface area contributed by atoms with Gasteiger partial charge in [-0.1, -0.05) is 23.4 Å². The molecule has 0 radical (unpaired) electrons. The first-order chi connectivity index (χ1) is 14.0. The molecule has 4 aromatic rings. The molecular formula is C20H16F2N4O3. The minimum absolute atomic E-state index is 0.0144. The van der Waals surface area contributed by atoms with Gasteiger partial charge in [0, 0.05) is 6.07 Å². The Balaban J connectivity index is 1.40. The summed E-state index contributed by atoms with van der Waals surface area (Å²) in [5.74, 6) is -1.92. The van der Waals surface area contributed by atoms with Crippen molar-refractivity contribution in [1.82, 2.24) is 20.4 Å². The highest BCUT2D eigenvalue weighted by Gasteiger charge is 2.19. The molecule has 7 nitrogen and oxygen atoms in total. The Kier molecular flexibility index (Phi) is 4.94. The van der Waals surface area contributed by atoms with Gasteiger partial charge in [0.25, 0.3) is 5.91 Å². The molecule has 0 saturated carbocycles. The molecule has 29 heavy (non-hydrogen) atoms. The fraction of sp³-hybridized carbons (Fsp3) is 0.150. The maximum atomic E-state index is 13.6. The number of rotatable bonds is 6. The number of hydrogen-bond donors (Lipinski definition) is 2. The average molecular weight is 398 g/mol. The van der Waals surface area contributed by atoms with Crippen molar-refractivity contribution in [2.45, 2.75) is 19.6 Å². The maximum absolute atomic E-state index is 13.6. The van der Waals surface area contributed by atoms with Crippen molar-refractivity contribution in [1.29, 1.82) is 0 Å². The van der Waals surface area contributed by atoms with Gasteiger partial charge in [-0.2, -0.15) is 0 Å². The van der Waals surface area contributed by atoms with E-state index in [9.17, 15) is 13.6 Å². The van der Waals surface area contributed by atoms with Crippen molar-refractivity contribution in [3.63, 3.8) is 0 Å². The molecule has 0 spiro atoms. The number of fused-ring (bicyclic) bond motifs is 1. The van der Waals surface area contributed by atoms with E-state index in [0.717, 1.165) is 23.2 Å². The summed E-state index contributed by atoms with van der Waals surface area (Å²) in [6.07, 6.45) is 0. The first-order valence-electron chi connectivity index (χ1n) is 8.79. The summed E-state index contributed by atoms with van der Waals surface area (Å²) < 4.78 is 37.3. The topological polar surface area (TPSA) is 93.0 Å². The lowest BCUT2D eigenvalue weighted by Crippen LogP contribution is -2.27. The van der Waals surface area contributed by atoms with E-state index in [-0.39, 0.29) is 18.1 Å². The molecule has 1 amide bonds. The van der Waals surface area contributed by atoms with Gasteiger partial charge in [-0.05, 0) is 31.2 Å². The summed E-state index contributed by atoms with van der Waals surface area (Å²) in [6, 6.07) is 11.9. The zero-order chi connectivity index (χ0) is 20.4. The fourth-order valence-electron chi connectivity index (χ4n) is 2.77. The highest BCUT2D eigenvalue weighted by molar-refractivity contribution is 5.92. The van der Waals surface area contributed by atoms with Crippen molar-refractivity contribution in [3.05, 3.63) is 77.4 Å². The van der Waals surface area contributed by atoms with Crippen LogP contribution in [0.3, 0.4) is 0 Å². The summed E-state index contributed by atoms with van der Waals surface area (Å²) in [5, 5.41) is 6.44. The van der Waals surface area contributed by atoms with Crippen LogP contribution in [0.2, 0.25) is 0 Å². The van der Waals surface area contributed by atoms with Crippen LogP contribution in [0.5, 0.6) is 5.75 Å². The number of hydrogen-bond acceptors (Lipinski definition) is 5. The number of ether oxygens (including phenoxy) is 1. The number of amides is 1. The highest BCUT2D eigenvalue weighted by atomic mass is 19.1. The molecule has 2 heterocycles. The van der Waals surface area contributed by atoms with E-state index in [1.54, 1.807) is 6.92 Å². The molecule has 148 valence electrons. The quantitative estimate of drug-likeness (QED) is 0.514. The van der Waals surface area contributed by atoms with Gasteiger partial charge in [-0.15, -0.1) is 0 Å². The summed E-state index contributed by atoms with van der Waals surface area (Å²) >= 11 is 0. The molecule has 1 unspecified atom stereocenters. The molecule has 0 aliphatic rings. The second-order valence-corrected chi connectivity index (χ2v) is 6.35. The Hall–Kier alpha value is -3.75. The number of nitrogens with one attached hydrogen (secondary N) is 2. The zero-order valence-corrected chi connectivity index (χ0v) is 15.3. The van der Waals surface area contributed by atoms with Gasteiger partial charge >= 0.3 is 0 Å². The van der Waals surface area contributed by atoms with Crippen LogP contribution in [0, 0.1) is 11.6 Å². The Morgan fingerprint density at radius 1 is 1.21 bits per heavy atom. The molecule has 0 aliphatic carbocycles. The van der Waals surface area contributed by atoms with Gasteiger partial charge < -0.3 is 19.6 Å². The molecule has 2 aromatic carbocycles. The van der Waals surface area contributed by atoms with Crippen LogP contribution in [-0.4, -0.2) is 21.0 Å². The van der Waals surface area contributed by atoms with Crippen molar-refractivity contribution >= 4 is 16.9 Å². The van der Waals surface area contributed by atoms with Crippen molar-refractivity contribution in [3.8, 4) is 5.75 Å². The van der Waals surface area contributed by atoms with E-state index in [4.69, 9.17) is 9.26 Å². The van der Waals surface area contributed by atoms with Crippen molar-refractivity contribution in [2.75, 3.05) is 0 Å². The van der Waals surface area contributed by atoms with Crippen LogP contribution in [0.4, 0.5) is 8.78 Å². The SMILES string of the molecule is CC(NC(=O)c1cc(COc2c(F)cccc2F)on1)c1nc2ccccc2[nH]1. The summed E-state index contributed by atoms with van der Waals surface area (Å²) in [4.78, 5) is 20.0. The van der Waals surface area contributed by atoms with Crippen molar-refractivity contribution < 1.29 is 22.8 Å². The van der Waals surface area contributed by atoms with E-state index < -0.39 is 29.3 Å². The van der Waals surface area contributed by atoms with Crippen LogP contribution in [0.25, 0.3) is 11.0 Å². The van der Waals surface area contributed by atoms with Gasteiger partial charge in [-0.3, -0.25) is 4.79 Å². The van der Waals surface area contributed by atoms with Gasteiger partial charge in [0.1, 0.15) is 12.4 Å². The predicted molar refractivity (Wildman–Crippen MR) is 99.2 cm³/mol. The molecule has 0 saturated heterocycles. The van der Waals surface area contributed by atoms with Crippen LogP contribution in [0.1, 0.15) is 35.0 Å². The monoisotopic (exact) mass is 398 g/mol. The lowest BCUT2D eigenvalue weighted by Gasteiger charge is -2.09. The molecule has 2 N–H and O–H groups in total. The average Bonchev–Trinajstić information content (AvgIpc) is 3.34. The second-order valence-electron chi connectivity index (χ2n) is 6.35. The Labute approximate surface area is 163 Å². The minimum atomic E-state index is -0.831. The number of imidazole rings is 1. The van der Waals surface area contributed by atoms with E-state index in [1.165, 1.54) is 12.1 Å². The number of H-pyrrole nitrogens is 1. The first-order valence-corrected chi connectivity index (χ1v) is 8.79. The van der Waals surface area contributed by atoms with Gasteiger partial charge in [0.2, 0.25) is 0 Å². The van der Waals surface area contributed by atoms with E-state index in [1.807, 2.05) is 24.3 Å². The van der Waals surface area contributed by atoms with E-state index in [2.05, 4.69) is 20.4 Å². The molecule has 9 heteroatoms. The number of halogens is 2.